The number of amides is 1. The molecule has 0 radical (unpaired) electrons. The molecule has 1 aromatic rings. The Morgan fingerprint density at radius 2 is 2.14 bits per heavy atom. The number of benzene rings is 1. The highest BCUT2D eigenvalue weighted by Gasteiger charge is 2.30. The molecule has 1 saturated heterocycles. The highest BCUT2D eigenvalue weighted by Crippen LogP contribution is 2.30. The van der Waals surface area contributed by atoms with Crippen molar-refractivity contribution in [3.8, 4) is 11.5 Å². The normalized spacial score (nSPS) is 18.5. The van der Waals surface area contributed by atoms with E-state index >= 15 is 0 Å². The number of hydrogen-bond acceptors (Lipinski definition) is 4. The lowest BCUT2D eigenvalue weighted by Crippen LogP contribution is -2.54. The Hall–Kier alpha value is -2.15. The van der Waals surface area contributed by atoms with E-state index in [1.165, 1.54) is 32.1 Å². The second-order valence-corrected chi connectivity index (χ2v) is 7.85. The molecule has 1 aliphatic rings. The minimum Gasteiger partial charge on any atom is -0.493 e. The van der Waals surface area contributed by atoms with Gasteiger partial charge in [0.25, 0.3) is 0 Å². The fourth-order valence-electron chi connectivity index (χ4n) is 3.37. The van der Waals surface area contributed by atoms with Gasteiger partial charge in [-0.3, -0.25) is 9.69 Å². The third-order valence-corrected chi connectivity index (χ3v) is 5.04. The smallest absolute Gasteiger partial charge is 0.387 e. The number of rotatable bonds is 8. The van der Waals surface area contributed by atoms with E-state index in [4.69, 9.17) is 4.74 Å². The largest absolute Gasteiger partial charge is 0.493 e. The van der Waals surface area contributed by atoms with Crippen molar-refractivity contribution in [1.82, 2.24) is 10.2 Å². The molecule has 28 heavy (non-hydrogen) atoms. The highest BCUT2D eigenvalue weighted by molar-refractivity contribution is 5.91. The molecule has 156 valence electrons. The second kappa shape index (κ2) is 9.87. The third-order valence-electron chi connectivity index (χ3n) is 5.04. The Bertz CT molecular complexity index is 692. The van der Waals surface area contributed by atoms with E-state index in [9.17, 15) is 13.6 Å². The fourth-order valence-corrected chi connectivity index (χ4v) is 3.37. The predicted molar refractivity (Wildman–Crippen MR) is 106 cm³/mol. The van der Waals surface area contributed by atoms with Crippen molar-refractivity contribution in [2.45, 2.75) is 45.8 Å². The highest BCUT2D eigenvalue weighted by atomic mass is 19.3. The van der Waals surface area contributed by atoms with Crippen LogP contribution in [0.25, 0.3) is 6.08 Å². The van der Waals surface area contributed by atoms with Gasteiger partial charge in [0.1, 0.15) is 0 Å². The van der Waals surface area contributed by atoms with E-state index in [0.29, 0.717) is 18.0 Å². The quantitative estimate of drug-likeness (QED) is 0.677. The molecule has 1 heterocycles. The van der Waals surface area contributed by atoms with Gasteiger partial charge in [-0.2, -0.15) is 8.78 Å². The Labute approximate surface area is 165 Å². The van der Waals surface area contributed by atoms with Crippen LogP contribution in [-0.2, 0) is 4.79 Å². The molecule has 0 saturated carbocycles. The molecule has 5 nitrogen and oxygen atoms in total. The van der Waals surface area contributed by atoms with Crippen molar-refractivity contribution in [1.29, 1.82) is 0 Å². The van der Waals surface area contributed by atoms with Crippen LogP contribution < -0.4 is 14.8 Å². The van der Waals surface area contributed by atoms with E-state index in [0.717, 1.165) is 13.1 Å². The van der Waals surface area contributed by atoms with Gasteiger partial charge in [-0.1, -0.05) is 13.0 Å². The van der Waals surface area contributed by atoms with Crippen molar-refractivity contribution >= 4 is 12.0 Å². The first-order valence-electron chi connectivity index (χ1n) is 9.55. The SMILES string of the molecule is COc1cc(C=CC(=O)NCC(C)(C)N2CCCC(C)C2)ccc1OC(F)F. The summed E-state index contributed by atoms with van der Waals surface area (Å²) in [6.07, 6.45) is 5.48. The number of likely N-dealkylation sites (tertiary alicyclic amines) is 1. The van der Waals surface area contributed by atoms with E-state index in [1.807, 2.05) is 0 Å². The van der Waals surface area contributed by atoms with Gasteiger partial charge >= 0.3 is 6.61 Å². The van der Waals surface area contributed by atoms with Crippen LogP contribution in [-0.4, -0.2) is 49.7 Å². The third kappa shape index (κ3) is 6.48. The molecule has 1 unspecified atom stereocenters. The van der Waals surface area contributed by atoms with Gasteiger partial charge < -0.3 is 14.8 Å². The van der Waals surface area contributed by atoms with Crippen LogP contribution in [0, 0.1) is 5.92 Å². The molecular weight excluding hydrogens is 366 g/mol. The zero-order valence-electron chi connectivity index (χ0n) is 17.0. The lowest BCUT2D eigenvalue weighted by Gasteiger charge is -2.43. The fraction of sp³-hybridized carbons (Fsp3) is 0.571. The first kappa shape index (κ1) is 22.1. The summed E-state index contributed by atoms with van der Waals surface area (Å²) in [4.78, 5) is 14.6. The van der Waals surface area contributed by atoms with Crippen LogP contribution in [0.1, 0.15) is 39.2 Å². The number of halogens is 2. The van der Waals surface area contributed by atoms with Gasteiger partial charge in [-0.15, -0.1) is 0 Å². The van der Waals surface area contributed by atoms with Crippen LogP contribution in [0.2, 0.25) is 0 Å². The minimum absolute atomic E-state index is 0.0448. The number of alkyl halides is 2. The first-order chi connectivity index (χ1) is 13.2. The summed E-state index contributed by atoms with van der Waals surface area (Å²) in [5, 5.41) is 2.95. The average Bonchev–Trinajstić information content (AvgIpc) is 2.65. The van der Waals surface area contributed by atoms with Crippen molar-refractivity contribution in [3.05, 3.63) is 29.8 Å². The molecule has 0 spiro atoms. The minimum atomic E-state index is -2.92. The van der Waals surface area contributed by atoms with E-state index in [2.05, 4.69) is 35.7 Å². The maximum absolute atomic E-state index is 12.4. The summed E-state index contributed by atoms with van der Waals surface area (Å²) in [5.74, 6) is 0.612. The van der Waals surface area contributed by atoms with Gasteiger partial charge in [-0.05, 0) is 62.9 Å². The number of nitrogens with one attached hydrogen (secondary N) is 1. The maximum atomic E-state index is 12.4. The number of piperidine rings is 1. The van der Waals surface area contributed by atoms with Gasteiger partial charge in [0, 0.05) is 24.7 Å². The maximum Gasteiger partial charge on any atom is 0.387 e. The standard InChI is InChI=1S/C21H30F2N2O3/c1-15-6-5-11-25(13-15)21(2,3)14-24-19(26)10-8-16-7-9-17(28-20(22)23)18(12-16)27-4/h7-10,12,15,20H,5-6,11,13-14H2,1-4H3,(H,24,26). The summed E-state index contributed by atoms with van der Waals surface area (Å²) in [6.45, 7) is 6.26. The van der Waals surface area contributed by atoms with Crippen LogP contribution in [0.5, 0.6) is 11.5 Å². The van der Waals surface area contributed by atoms with Gasteiger partial charge in [0.05, 0.1) is 7.11 Å². The van der Waals surface area contributed by atoms with Crippen LogP contribution in [0.15, 0.2) is 24.3 Å². The second-order valence-electron chi connectivity index (χ2n) is 7.85. The summed E-state index contributed by atoms with van der Waals surface area (Å²) < 4.78 is 34.2. The zero-order chi connectivity index (χ0) is 20.7. The lowest BCUT2D eigenvalue weighted by atomic mass is 9.93. The Morgan fingerprint density at radius 3 is 2.79 bits per heavy atom. The zero-order valence-corrected chi connectivity index (χ0v) is 17.0. The summed E-state index contributed by atoms with van der Waals surface area (Å²) in [7, 11) is 1.37. The molecular formula is C21H30F2N2O3. The number of nitrogens with zero attached hydrogens (tertiary/aromatic N) is 1. The van der Waals surface area contributed by atoms with Gasteiger partial charge in [0.15, 0.2) is 11.5 Å². The first-order valence-corrected chi connectivity index (χ1v) is 9.55. The van der Waals surface area contributed by atoms with Crippen molar-refractivity contribution in [3.63, 3.8) is 0 Å². The van der Waals surface area contributed by atoms with Crippen molar-refractivity contribution in [2.24, 2.45) is 5.92 Å². The molecule has 0 aliphatic carbocycles. The number of hydrogen-bond donors (Lipinski definition) is 1. The lowest BCUT2D eigenvalue weighted by molar-refractivity contribution is -0.117. The Kier molecular flexibility index (Phi) is 7.80. The number of carbonyl (C=O) groups is 1. The number of carbonyl (C=O) groups excluding carboxylic acids is 1. The molecule has 7 heteroatoms. The molecule has 0 aromatic heterocycles. The molecule has 1 fully saturated rings. The summed E-state index contributed by atoms with van der Waals surface area (Å²) in [6, 6.07) is 4.52. The monoisotopic (exact) mass is 396 g/mol. The number of methoxy groups -OCH3 is 1. The molecule has 0 bridgehead atoms. The summed E-state index contributed by atoms with van der Waals surface area (Å²) >= 11 is 0. The molecule has 1 atom stereocenters. The molecule has 1 aromatic carbocycles. The van der Waals surface area contributed by atoms with Gasteiger partial charge in [0.2, 0.25) is 5.91 Å². The average molecular weight is 396 g/mol. The van der Waals surface area contributed by atoms with Crippen molar-refractivity contribution < 1.29 is 23.0 Å². The van der Waals surface area contributed by atoms with Crippen LogP contribution in [0.4, 0.5) is 8.78 Å². The predicted octanol–water partition coefficient (Wildman–Crippen LogP) is 3.94. The van der Waals surface area contributed by atoms with E-state index < -0.39 is 6.61 Å². The topological polar surface area (TPSA) is 50.8 Å². The molecule has 1 amide bonds. The molecule has 1 aliphatic heterocycles. The molecule has 2 rings (SSSR count). The van der Waals surface area contributed by atoms with E-state index in [1.54, 1.807) is 18.2 Å². The Morgan fingerprint density at radius 1 is 1.39 bits per heavy atom. The van der Waals surface area contributed by atoms with Gasteiger partial charge in [-0.25, -0.2) is 0 Å². The van der Waals surface area contributed by atoms with Crippen molar-refractivity contribution in [2.75, 3.05) is 26.7 Å². The summed E-state index contributed by atoms with van der Waals surface area (Å²) in [5.41, 5.74) is 0.535. The molecule has 1 N–H and O–H groups in total. The Balaban J connectivity index is 1.92. The van der Waals surface area contributed by atoms with Crippen LogP contribution >= 0.6 is 0 Å². The van der Waals surface area contributed by atoms with Crippen LogP contribution in [0.3, 0.4) is 0 Å². The van der Waals surface area contributed by atoms with E-state index in [-0.39, 0.29) is 22.9 Å². The number of ether oxygens (including phenoxy) is 2.